The van der Waals surface area contributed by atoms with Crippen molar-refractivity contribution in [3.05, 3.63) is 12.2 Å². The number of hydrogen-bond donors (Lipinski definition) is 2. The standard InChI is InChI=1S/C9H15NO5/c1-4-14-9(13)10-7(11)5-15-8(12)6(2)3/h7,11H,2,4-5H2,1,3H3,(H,10,13). The molecule has 15 heavy (non-hydrogen) atoms. The number of carbonyl (C=O) groups excluding carboxylic acids is 2. The summed E-state index contributed by atoms with van der Waals surface area (Å²) in [5.74, 6) is -0.625. The van der Waals surface area contributed by atoms with Gasteiger partial charge in [0.25, 0.3) is 0 Å². The Morgan fingerprint density at radius 1 is 1.47 bits per heavy atom. The Morgan fingerprint density at radius 2 is 2.07 bits per heavy atom. The Hall–Kier alpha value is -1.56. The maximum Gasteiger partial charge on any atom is 0.409 e. The van der Waals surface area contributed by atoms with Gasteiger partial charge >= 0.3 is 12.1 Å². The molecule has 0 aliphatic heterocycles. The molecule has 0 spiro atoms. The van der Waals surface area contributed by atoms with Gasteiger partial charge in [-0.1, -0.05) is 6.58 Å². The van der Waals surface area contributed by atoms with Gasteiger partial charge in [0.05, 0.1) is 6.61 Å². The van der Waals surface area contributed by atoms with E-state index in [4.69, 9.17) is 5.11 Å². The zero-order valence-corrected chi connectivity index (χ0v) is 8.78. The number of esters is 1. The molecule has 1 unspecified atom stereocenters. The average molecular weight is 217 g/mol. The number of ether oxygens (including phenoxy) is 2. The molecule has 0 heterocycles. The number of nitrogens with one attached hydrogen (secondary N) is 1. The fourth-order valence-corrected chi connectivity index (χ4v) is 0.628. The first-order chi connectivity index (χ1) is 6.97. The van der Waals surface area contributed by atoms with Crippen LogP contribution in [0.3, 0.4) is 0 Å². The normalized spacial score (nSPS) is 11.4. The monoisotopic (exact) mass is 217 g/mol. The van der Waals surface area contributed by atoms with Crippen molar-refractivity contribution in [3.63, 3.8) is 0 Å². The smallest absolute Gasteiger partial charge is 0.409 e. The Morgan fingerprint density at radius 3 is 2.53 bits per heavy atom. The molecule has 1 amide bonds. The molecular formula is C9H15NO5. The van der Waals surface area contributed by atoms with Crippen molar-refractivity contribution >= 4 is 12.1 Å². The van der Waals surface area contributed by atoms with Crippen LogP contribution in [0.15, 0.2) is 12.2 Å². The van der Waals surface area contributed by atoms with Gasteiger partial charge in [-0.25, -0.2) is 9.59 Å². The molecule has 0 aromatic heterocycles. The third kappa shape index (κ3) is 6.50. The summed E-state index contributed by atoms with van der Waals surface area (Å²) in [4.78, 5) is 21.7. The van der Waals surface area contributed by atoms with Crippen molar-refractivity contribution in [2.24, 2.45) is 0 Å². The quantitative estimate of drug-likeness (QED) is 0.389. The number of aliphatic hydroxyl groups excluding tert-OH is 1. The first-order valence-corrected chi connectivity index (χ1v) is 4.41. The van der Waals surface area contributed by atoms with E-state index < -0.39 is 18.3 Å². The summed E-state index contributed by atoms with van der Waals surface area (Å²) < 4.78 is 9.08. The van der Waals surface area contributed by atoms with Crippen LogP contribution in [0.1, 0.15) is 13.8 Å². The highest BCUT2D eigenvalue weighted by Gasteiger charge is 2.12. The van der Waals surface area contributed by atoms with E-state index in [1.54, 1.807) is 6.92 Å². The zero-order valence-electron chi connectivity index (χ0n) is 8.78. The van der Waals surface area contributed by atoms with Gasteiger partial charge in [-0.05, 0) is 13.8 Å². The number of alkyl carbamates (subject to hydrolysis) is 1. The largest absolute Gasteiger partial charge is 0.458 e. The lowest BCUT2D eigenvalue weighted by atomic mass is 10.4. The molecule has 0 bridgehead atoms. The molecule has 2 N–H and O–H groups in total. The fraction of sp³-hybridized carbons (Fsp3) is 0.556. The van der Waals surface area contributed by atoms with Crippen molar-refractivity contribution in [1.82, 2.24) is 5.32 Å². The van der Waals surface area contributed by atoms with Crippen molar-refractivity contribution in [2.75, 3.05) is 13.2 Å². The van der Waals surface area contributed by atoms with Gasteiger partial charge in [-0.2, -0.15) is 0 Å². The highest BCUT2D eigenvalue weighted by atomic mass is 16.6. The van der Waals surface area contributed by atoms with E-state index in [2.05, 4.69) is 21.4 Å². The first kappa shape index (κ1) is 13.4. The topological polar surface area (TPSA) is 84.9 Å². The van der Waals surface area contributed by atoms with Gasteiger partial charge in [-0.3, -0.25) is 5.32 Å². The van der Waals surface area contributed by atoms with Crippen LogP contribution in [0.25, 0.3) is 0 Å². The summed E-state index contributed by atoms with van der Waals surface area (Å²) in [5.41, 5.74) is 0.221. The van der Waals surface area contributed by atoms with Crippen LogP contribution in [-0.4, -0.2) is 36.6 Å². The third-order valence-electron chi connectivity index (χ3n) is 1.28. The second-order valence-electron chi connectivity index (χ2n) is 2.76. The van der Waals surface area contributed by atoms with E-state index >= 15 is 0 Å². The molecule has 0 fully saturated rings. The van der Waals surface area contributed by atoms with Crippen LogP contribution in [-0.2, 0) is 14.3 Å². The Labute approximate surface area is 87.9 Å². The van der Waals surface area contributed by atoms with Crippen molar-refractivity contribution in [3.8, 4) is 0 Å². The van der Waals surface area contributed by atoms with E-state index in [1.165, 1.54) is 6.92 Å². The van der Waals surface area contributed by atoms with Gasteiger partial charge in [0, 0.05) is 5.57 Å². The van der Waals surface area contributed by atoms with Gasteiger partial charge in [0.1, 0.15) is 6.61 Å². The number of hydrogen-bond acceptors (Lipinski definition) is 5. The summed E-state index contributed by atoms with van der Waals surface area (Å²) in [6.07, 6.45) is -2.05. The molecule has 1 atom stereocenters. The van der Waals surface area contributed by atoms with Gasteiger partial charge in [0.2, 0.25) is 0 Å². The Kier molecular flexibility index (Phi) is 6.12. The molecule has 0 aliphatic carbocycles. The third-order valence-corrected chi connectivity index (χ3v) is 1.28. The van der Waals surface area contributed by atoms with Gasteiger partial charge < -0.3 is 14.6 Å². The molecular weight excluding hydrogens is 202 g/mol. The molecule has 0 aliphatic rings. The van der Waals surface area contributed by atoms with Gasteiger partial charge in [0.15, 0.2) is 6.23 Å². The lowest BCUT2D eigenvalue weighted by molar-refractivity contribution is -0.142. The van der Waals surface area contributed by atoms with Crippen molar-refractivity contribution in [2.45, 2.75) is 20.1 Å². The lowest BCUT2D eigenvalue weighted by Gasteiger charge is -2.12. The van der Waals surface area contributed by atoms with Crippen LogP contribution in [0.2, 0.25) is 0 Å². The van der Waals surface area contributed by atoms with E-state index in [9.17, 15) is 9.59 Å². The molecule has 6 heteroatoms. The van der Waals surface area contributed by atoms with Crippen molar-refractivity contribution < 1.29 is 24.2 Å². The minimum atomic E-state index is -1.28. The van der Waals surface area contributed by atoms with Gasteiger partial charge in [-0.15, -0.1) is 0 Å². The lowest BCUT2D eigenvalue weighted by Crippen LogP contribution is -2.38. The van der Waals surface area contributed by atoms with Crippen LogP contribution < -0.4 is 5.32 Å². The van der Waals surface area contributed by atoms with E-state index in [0.29, 0.717) is 0 Å². The van der Waals surface area contributed by atoms with Crippen LogP contribution >= 0.6 is 0 Å². The summed E-state index contributed by atoms with van der Waals surface area (Å²) in [5, 5.41) is 11.2. The van der Waals surface area contributed by atoms with Crippen LogP contribution in [0.5, 0.6) is 0 Å². The number of carbonyl (C=O) groups is 2. The molecule has 0 saturated carbocycles. The second kappa shape index (κ2) is 6.83. The SMILES string of the molecule is C=C(C)C(=O)OCC(O)NC(=O)OCC. The molecule has 0 aromatic carbocycles. The average Bonchev–Trinajstić information content (AvgIpc) is 2.14. The summed E-state index contributed by atoms with van der Waals surface area (Å²) in [6, 6.07) is 0. The van der Waals surface area contributed by atoms with E-state index in [0.717, 1.165) is 0 Å². The summed E-state index contributed by atoms with van der Waals surface area (Å²) in [7, 11) is 0. The number of amides is 1. The maximum atomic E-state index is 10.9. The zero-order chi connectivity index (χ0) is 11.8. The second-order valence-corrected chi connectivity index (χ2v) is 2.76. The summed E-state index contributed by atoms with van der Waals surface area (Å²) in [6.45, 7) is 6.32. The highest BCUT2D eigenvalue weighted by Crippen LogP contribution is 1.93. The molecule has 0 rings (SSSR count). The van der Waals surface area contributed by atoms with Crippen LogP contribution in [0.4, 0.5) is 4.79 Å². The maximum absolute atomic E-state index is 10.9. The minimum absolute atomic E-state index is 0.199. The number of aliphatic hydroxyl groups is 1. The summed E-state index contributed by atoms with van der Waals surface area (Å²) >= 11 is 0. The fourth-order valence-electron chi connectivity index (χ4n) is 0.628. The van der Waals surface area contributed by atoms with E-state index in [1.807, 2.05) is 0 Å². The first-order valence-electron chi connectivity index (χ1n) is 4.41. The predicted octanol–water partition coefficient (Wildman–Crippen LogP) is 0.170. The Bertz CT molecular complexity index is 251. The molecule has 0 saturated heterocycles. The number of rotatable bonds is 5. The van der Waals surface area contributed by atoms with Crippen LogP contribution in [0, 0.1) is 0 Å². The Balaban J connectivity index is 3.75. The predicted molar refractivity (Wildman–Crippen MR) is 51.9 cm³/mol. The van der Waals surface area contributed by atoms with Crippen molar-refractivity contribution in [1.29, 1.82) is 0 Å². The molecule has 6 nitrogen and oxygen atoms in total. The highest BCUT2D eigenvalue weighted by molar-refractivity contribution is 5.86. The minimum Gasteiger partial charge on any atom is -0.458 e. The molecule has 86 valence electrons. The molecule has 0 aromatic rings. The molecule has 0 radical (unpaired) electrons. The van der Waals surface area contributed by atoms with E-state index in [-0.39, 0.29) is 18.8 Å².